The lowest BCUT2D eigenvalue weighted by molar-refractivity contribution is -0.118. The number of aliphatic hydroxyl groups excluding tert-OH is 1. The van der Waals surface area contributed by atoms with Crippen LogP contribution in [-0.2, 0) is 4.79 Å². The minimum Gasteiger partial charge on any atom is -0.508 e. The van der Waals surface area contributed by atoms with Gasteiger partial charge in [-0.25, -0.2) is 0 Å². The van der Waals surface area contributed by atoms with Gasteiger partial charge in [-0.15, -0.1) is 0 Å². The Morgan fingerprint density at radius 3 is 2.84 bits per heavy atom. The zero-order valence-electron chi connectivity index (χ0n) is 14.2. The summed E-state index contributed by atoms with van der Waals surface area (Å²) in [4.78, 5) is 15.8. The number of aliphatic hydroxyl groups is 1. The third kappa shape index (κ3) is 4.33. The van der Waals surface area contributed by atoms with Gasteiger partial charge in [0.1, 0.15) is 11.5 Å². The number of piperazine rings is 1. The van der Waals surface area contributed by atoms with Gasteiger partial charge in [0.2, 0.25) is 5.91 Å². The van der Waals surface area contributed by atoms with Gasteiger partial charge in [0.15, 0.2) is 0 Å². The standard InChI is InChI=1S/C19H25N3O3/c20-19(25)8-7-16-13-21(14-3-1-5-17(23)11-14)9-10-22(16)15-4-2-6-18(24)12-15/h1-3,5-6,11-12,15-16,23-24H,4,7-10,13H2,(H2,20,25). The molecule has 6 nitrogen and oxygen atoms in total. The third-order valence-electron chi connectivity index (χ3n) is 4.90. The molecule has 4 N–H and O–H groups in total. The van der Waals surface area contributed by atoms with Crippen LogP contribution in [0.3, 0.4) is 0 Å². The summed E-state index contributed by atoms with van der Waals surface area (Å²) in [6.45, 7) is 2.40. The lowest BCUT2D eigenvalue weighted by Crippen LogP contribution is -2.56. The third-order valence-corrected chi connectivity index (χ3v) is 4.90. The van der Waals surface area contributed by atoms with Crippen molar-refractivity contribution in [3.8, 4) is 5.75 Å². The van der Waals surface area contributed by atoms with Crippen LogP contribution in [0, 0.1) is 0 Å². The van der Waals surface area contributed by atoms with Crippen molar-refractivity contribution in [3.05, 3.63) is 48.3 Å². The maximum atomic E-state index is 11.3. The van der Waals surface area contributed by atoms with Crippen molar-refractivity contribution >= 4 is 11.6 Å². The van der Waals surface area contributed by atoms with Crippen molar-refractivity contribution in [2.24, 2.45) is 5.73 Å². The lowest BCUT2D eigenvalue weighted by Gasteiger charge is -2.45. The van der Waals surface area contributed by atoms with Gasteiger partial charge in [-0.05, 0) is 37.1 Å². The Kier molecular flexibility index (Phi) is 5.28. The zero-order chi connectivity index (χ0) is 17.8. The van der Waals surface area contributed by atoms with Gasteiger partial charge in [-0.1, -0.05) is 12.1 Å². The number of carbonyl (C=O) groups excluding carboxylic acids is 1. The first kappa shape index (κ1) is 17.4. The first-order valence-corrected chi connectivity index (χ1v) is 8.68. The topological polar surface area (TPSA) is 90.0 Å². The number of hydrogen-bond acceptors (Lipinski definition) is 5. The molecule has 2 unspecified atom stereocenters. The molecule has 0 aromatic heterocycles. The van der Waals surface area contributed by atoms with Gasteiger partial charge in [0.05, 0.1) is 0 Å². The van der Waals surface area contributed by atoms with E-state index in [1.54, 1.807) is 18.2 Å². The van der Waals surface area contributed by atoms with Crippen LogP contribution in [0.1, 0.15) is 19.3 Å². The van der Waals surface area contributed by atoms with Crippen LogP contribution in [0.25, 0.3) is 0 Å². The van der Waals surface area contributed by atoms with Gasteiger partial charge in [0, 0.05) is 49.9 Å². The van der Waals surface area contributed by atoms with Crippen LogP contribution in [0.2, 0.25) is 0 Å². The number of amides is 1. The first-order chi connectivity index (χ1) is 12.0. The molecule has 0 spiro atoms. The molecule has 0 radical (unpaired) electrons. The van der Waals surface area contributed by atoms with E-state index < -0.39 is 0 Å². The summed E-state index contributed by atoms with van der Waals surface area (Å²) in [5.74, 6) is 0.246. The summed E-state index contributed by atoms with van der Waals surface area (Å²) in [5, 5.41) is 19.5. The summed E-state index contributed by atoms with van der Waals surface area (Å²) in [6, 6.07) is 7.53. The molecule has 1 aliphatic heterocycles. The number of hydrogen-bond donors (Lipinski definition) is 3. The molecule has 2 aliphatic rings. The Bertz CT molecular complexity index is 686. The van der Waals surface area contributed by atoms with E-state index >= 15 is 0 Å². The summed E-state index contributed by atoms with van der Waals surface area (Å²) in [6.07, 6.45) is 7.45. The number of phenols is 1. The molecular formula is C19H25N3O3. The fraction of sp³-hybridized carbons (Fsp3) is 0.421. The minimum absolute atomic E-state index is 0.134. The number of nitrogens with two attached hydrogens (primary N) is 1. The predicted molar refractivity (Wildman–Crippen MR) is 97.5 cm³/mol. The van der Waals surface area contributed by atoms with E-state index in [1.807, 2.05) is 24.3 Å². The molecule has 134 valence electrons. The molecule has 1 aromatic carbocycles. The van der Waals surface area contributed by atoms with Gasteiger partial charge in [0.25, 0.3) is 0 Å². The van der Waals surface area contributed by atoms with E-state index in [-0.39, 0.29) is 23.7 Å². The Hall–Kier alpha value is -2.47. The molecule has 1 aliphatic carbocycles. The summed E-state index contributed by atoms with van der Waals surface area (Å²) < 4.78 is 0. The van der Waals surface area contributed by atoms with E-state index in [0.717, 1.165) is 31.7 Å². The molecule has 1 fully saturated rings. The highest BCUT2D eigenvalue weighted by Crippen LogP contribution is 2.27. The lowest BCUT2D eigenvalue weighted by atomic mass is 9.98. The summed E-state index contributed by atoms with van der Waals surface area (Å²) in [5.41, 5.74) is 6.33. The Balaban J connectivity index is 1.76. The van der Waals surface area contributed by atoms with Gasteiger partial charge < -0.3 is 20.8 Å². The second-order valence-corrected chi connectivity index (χ2v) is 6.66. The number of phenolic OH excluding ortho intramolecular Hbond substituents is 1. The molecule has 1 amide bonds. The number of nitrogens with zero attached hydrogens (tertiary/aromatic N) is 2. The van der Waals surface area contributed by atoms with E-state index in [9.17, 15) is 15.0 Å². The number of anilines is 1. The van der Waals surface area contributed by atoms with E-state index in [4.69, 9.17) is 5.73 Å². The average Bonchev–Trinajstić information content (AvgIpc) is 2.59. The average molecular weight is 343 g/mol. The molecule has 25 heavy (non-hydrogen) atoms. The van der Waals surface area contributed by atoms with Crippen molar-refractivity contribution in [2.75, 3.05) is 24.5 Å². The van der Waals surface area contributed by atoms with Crippen LogP contribution < -0.4 is 10.6 Å². The van der Waals surface area contributed by atoms with Crippen molar-refractivity contribution < 1.29 is 15.0 Å². The van der Waals surface area contributed by atoms with Crippen molar-refractivity contribution in [3.63, 3.8) is 0 Å². The van der Waals surface area contributed by atoms with Crippen LogP contribution in [0.5, 0.6) is 5.75 Å². The quantitative estimate of drug-likeness (QED) is 0.760. The molecular weight excluding hydrogens is 318 g/mol. The van der Waals surface area contributed by atoms with Crippen molar-refractivity contribution in [1.29, 1.82) is 0 Å². The maximum absolute atomic E-state index is 11.3. The van der Waals surface area contributed by atoms with Gasteiger partial charge >= 0.3 is 0 Å². The number of allylic oxidation sites excluding steroid dienone is 1. The molecule has 0 saturated carbocycles. The van der Waals surface area contributed by atoms with Gasteiger partial charge in [-0.2, -0.15) is 0 Å². The number of aromatic hydroxyl groups is 1. The monoisotopic (exact) mass is 343 g/mol. The van der Waals surface area contributed by atoms with Crippen LogP contribution in [-0.4, -0.2) is 52.7 Å². The fourth-order valence-electron chi connectivity index (χ4n) is 3.68. The minimum atomic E-state index is -0.295. The van der Waals surface area contributed by atoms with Crippen molar-refractivity contribution in [1.82, 2.24) is 4.90 Å². The normalized spacial score (nSPS) is 24.2. The maximum Gasteiger partial charge on any atom is 0.217 e. The smallest absolute Gasteiger partial charge is 0.217 e. The first-order valence-electron chi connectivity index (χ1n) is 8.68. The highest BCUT2D eigenvalue weighted by atomic mass is 16.3. The highest BCUT2D eigenvalue weighted by Gasteiger charge is 2.32. The Labute approximate surface area is 147 Å². The van der Waals surface area contributed by atoms with Gasteiger partial charge in [-0.3, -0.25) is 9.69 Å². The molecule has 2 atom stereocenters. The molecule has 1 aromatic rings. The number of rotatable bonds is 5. The zero-order valence-corrected chi connectivity index (χ0v) is 14.2. The second-order valence-electron chi connectivity index (χ2n) is 6.66. The summed E-state index contributed by atoms with van der Waals surface area (Å²) in [7, 11) is 0. The Morgan fingerprint density at radius 1 is 1.28 bits per heavy atom. The van der Waals surface area contributed by atoms with Crippen LogP contribution in [0.4, 0.5) is 5.69 Å². The molecule has 3 rings (SSSR count). The number of benzene rings is 1. The predicted octanol–water partition coefficient (Wildman–Crippen LogP) is 1.92. The molecule has 0 bridgehead atoms. The Morgan fingerprint density at radius 2 is 2.12 bits per heavy atom. The highest BCUT2D eigenvalue weighted by molar-refractivity contribution is 5.73. The van der Waals surface area contributed by atoms with E-state index in [1.165, 1.54) is 0 Å². The van der Waals surface area contributed by atoms with Crippen LogP contribution in [0.15, 0.2) is 48.3 Å². The van der Waals surface area contributed by atoms with E-state index in [2.05, 4.69) is 9.80 Å². The largest absolute Gasteiger partial charge is 0.508 e. The summed E-state index contributed by atoms with van der Waals surface area (Å²) >= 11 is 0. The molecule has 1 heterocycles. The SMILES string of the molecule is NC(=O)CCC1CN(c2cccc(O)c2)CCN1C1C=C(O)C=CC1. The molecule has 1 saturated heterocycles. The van der Waals surface area contributed by atoms with E-state index in [0.29, 0.717) is 18.6 Å². The number of carbonyl (C=O) groups is 1. The second kappa shape index (κ2) is 7.61. The number of primary amides is 1. The van der Waals surface area contributed by atoms with Crippen LogP contribution >= 0.6 is 0 Å². The fourth-order valence-corrected chi connectivity index (χ4v) is 3.68. The van der Waals surface area contributed by atoms with Crippen molar-refractivity contribution in [2.45, 2.75) is 31.3 Å². The molecule has 6 heteroatoms.